The Hall–Kier alpha value is -3.09. The van der Waals surface area contributed by atoms with Crippen molar-refractivity contribution in [2.45, 2.75) is 36.4 Å². The van der Waals surface area contributed by atoms with Crippen LogP contribution in [0.2, 0.25) is 0 Å². The van der Waals surface area contributed by atoms with Crippen molar-refractivity contribution >= 4 is 11.0 Å². The van der Waals surface area contributed by atoms with Gasteiger partial charge < -0.3 is 10.4 Å². The maximum atomic E-state index is 13.5. The molecular formula is C30H32N2O2S. The molecule has 0 amide bonds. The molecule has 5 heteroatoms. The molecule has 0 aliphatic rings. The van der Waals surface area contributed by atoms with E-state index in [-0.39, 0.29) is 6.61 Å². The normalized spacial score (nSPS) is 14.7. The third-order valence-corrected chi connectivity index (χ3v) is 7.43. The van der Waals surface area contributed by atoms with Crippen LogP contribution in [0.25, 0.3) is 0 Å². The molecule has 0 aliphatic heterocycles. The van der Waals surface area contributed by atoms with Gasteiger partial charge in [0.15, 0.2) is 0 Å². The monoisotopic (exact) mass is 484 g/mol. The van der Waals surface area contributed by atoms with E-state index in [4.69, 9.17) is 0 Å². The minimum Gasteiger partial charge on any atom is -0.394 e. The summed E-state index contributed by atoms with van der Waals surface area (Å²) in [7, 11) is -1.48. The average molecular weight is 485 g/mol. The third kappa shape index (κ3) is 6.53. The molecule has 4 nitrogen and oxygen atoms in total. The Labute approximate surface area is 210 Å². The molecule has 0 bridgehead atoms. The van der Waals surface area contributed by atoms with E-state index in [0.29, 0.717) is 17.9 Å². The van der Waals surface area contributed by atoms with E-state index in [2.05, 4.69) is 34.3 Å². The topological polar surface area (TPSA) is 61.4 Å². The van der Waals surface area contributed by atoms with E-state index in [0.717, 1.165) is 22.3 Å². The fourth-order valence-electron chi connectivity index (χ4n) is 4.29. The second kappa shape index (κ2) is 12.0. The standard InChI is InChI=1S/C30H32N2O2S/c1-24-17-19-28(20-18-24)35(34)32-29(27-15-9-4-10-16-27)30(23-33,21-25-11-5-2-6-12-25)31-22-26-13-7-3-8-14-26/h2-20,29,31-33H,21-23H2,1H3/t29-,30+,35?/m1/s1. The molecule has 4 aromatic rings. The van der Waals surface area contributed by atoms with Gasteiger partial charge in [-0.2, -0.15) is 0 Å². The molecule has 0 fully saturated rings. The first-order valence-electron chi connectivity index (χ1n) is 11.8. The van der Waals surface area contributed by atoms with Crippen molar-refractivity contribution in [1.82, 2.24) is 10.0 Å². The number of benzene rings is 4. The van der Waals surface area contributed by atoms with Crippen LogP contribution in [0.15, 0.2) is 120 Å². The molecule has 4 rings (SSSR count). The lowest BCUT2D eigenvalue weighted by molar-refractivity contribution is 0.126. The lowest BCUT2D eigenvalue weighted by Gasteiger charge is -2.41. The van der Waals surface area contributed by atoms with Crippen LogP contribution >= 0.6 is 0 Å². The minimum absolute atomic E-state index is 0.146. The molecule has 0 spiro atoms. The predicted octanol–water partition coefficient (Wildman–Crippen LogP) is 5.11. The molecule has 0 saturated carbocycles. The molecule has 1 unspecified atom stereocenters. The van der Waals surface area contributed by atoms with Gasteiger partial charge in [0, 0.05) is 6.54 Å². The lowest BCUT2D eigenvalue weighted by Crippen LogP contribution is -2.58. The fraction of sp³-hybridized carbons (Fsp3) is 0.200. The van der Waals surface area contributed by atoms with E-state index in [9.17, 15) is 9.32 Å². The summed E-state index contributed by atoms with van der Waals surface area (Å²) in [6.45, 7) is 2.43. The molecule has 0 heterocycles. The molecule has 0 aliphatic carbocycles. The van der Waals surface area contributed by atoms with E-state index >= 15 is 0 Å². The molecule has 0 aromatic heterocycles. The van der Waals surface area contributed by atoms with E-state index in [1.54, 1.807) is 0 Å². The van der Waals surface area contributed by atoms with Crippen LogP contribution < -0.4 is 10.0 Å². The maximum Gasteiger partial charge on any atom is 0.125 e. The number of rotatable bonds is 11. The molecule has 35 heavy (non-hydrogen) atoms. The second-order valence-corrected chi connectivity index (χ2v) is 10.1. The average Bonchev–Trinajstić information content (AvgIpc) is 2.92. The van der Waals surface area contributed by atoms with Crippen LogP contribution in [0, 0.1) is 6.92 Å². The summed E-state index contributed by atoms with van der Waals surface area (Å²) in [5, 5.41) is 14.6. The van der Waals surface area contributed by atoms with E-state index < -0.39 is 22.6 Å². The van der Waals surface area contributed by atoms with Crippen molar-refractivity contribution in [2.75, 3.05) is 6.61 Å². The van der Waals surface area contributed by atoms with Crippen LogP contribution in [0.1, 0.15) is 28.3 Å². The highest BCUT2D eigenvalue weighted by molar-refractivity contribution is 7.83. The number of aliphatic hydroxyl groups is 1. The highest BCUT2D eigenvalue weighted by Crippen LogP contribution is 2.31. The molecule has 180 valence electrons. The van der Waals surface area contributed by atoms with Gasteiger partial charge >= 0.3 is 0 Å². The highest BCUT2D eigenvalue weighted by atomic mass is 32.2. The van der Waals surface area contributed by atoms with Crippen molar-refractivity contribution in [3.8, 4) is 0 Å². The molecule has 4 aromatic carbocycles. The summed E-state index contributed by atoms with van der Waals surface area (Å²) in [6, 6.07) is 37.5. The summed E-state index contributed by atoms with van der Waals surface area (Å²) in [4.78, 5) is 0.700. The zero-order valence-corrected chi connectivity index (χ0v) is 20.7. The second-order valence-electron chi connectivity index (χ2n) is 8.86. The van der Waals surface area contributed by atoms with Gasteiger partial charge in [-0.05, 0) is 42.2 Å². The summed E-state index contributed by atoms with van der Waals surface area (Å²) >= 11 is 0. The van der Waals surface area contributed by atoms with Crippen LogP contribution in [-0.4, -0.2) is 21.5 Å². The molecule has 3 N–H and O–H groups in total. The van der Waals surface area contributed by atoms with Crippen molar-refractivity contribution < 1.29 is 9.32 Å². The van der Waals surface area contributed by atoms with Gasteiger partial charge in [-0.1, -0.05) is 109 Å². The largest absolute Gasteiger partial charge is 0.394 e. The molecule has 0 saturated heterocycles. The molecule has 0 radical (unpaired) electrons. The number of hydrogen-bond acceptors (Lipinski definition) is 3. The summed E-state index contributed by atoms with van der Waals surface area (Å²) in [5.41, 5.74) is 3.46. The number of hydrogen-bond donors (Lipinski definition) is 3. The number of aliphatic hydroxyl groups excluding tert-OH is 1. The van der Waals surface area contributed by atoms with Crippen LogP contribution in [0.4, 0.5) is 0 Å². The molecular weight excluding hydrogens is 452 g/mol. The molecule has 3 atom stereocenters. The van der Waals surface area contributed by atoms with Gasteiger partial charge in [0.05, 0.1) is 23.1 Å². The quantitative estimate of drug-likeness (QED) is 0.277. The Morgan fingerprint density at radius 1 is 0.771 bits per heavy atom. The third-order valence-electron chi connectivity index (χ3n) is 6.28. The van der Waals surface area contributed by atoms with E-state index in [1.165, 1.54) is 0 Å². The smallest absolute Gasteiger partial charge is 0.125 e. The fourth-order valence-corrected chi connectivity index (χ4v) is 5.38. The predicted molar refractivity (Wildman–Crippen MR) is 143 cm³/mol. The Kier molecular flexibility index (Phi) is 8.61. The Bertz CT molecular complexity index is 1200. The zero-order valence-electron chi connectivity index (χ0n) is 19.9. The van der Waals surface area contributed by atoms with Crippen LogP contribution in [0.3, 0.4) is 0 Å². The Morgan fingerprint density at radius 2 is 1.31 bits per heavy atom. The highest BCUT2D eigenvalue weighted by Gasteiger charge is 2.40. The van der Waals surface area contributed by atoms with Crippen molar-refractivity contribution in [3.05, 3.63) is 138 Å². The van der Waals surface area contributed by atoms with Gasteiger partial charge in [-0.25, -0.2) is 8.93 Å². The SMILES string of the molecule is Cc1ccc(S(=O)N[C@H](c2ccccc2)[C@@](CO)(Cc2ccccc2)NCc2ccccc2)cc1. The van der Waals surface area contributed by atoms with Crippen molar-refractivity contribution in [3.63, 3.8) is 0 Å². The van der Waals surface area contributed by atoms with Gasteiger partial charge in [-0.15, -0.1) is 0 Å². The summed E-state index contributed by atoms with van der Waals surface area (Å²) in [6.07, 6.45) is 0.550. The lowest BCUT2D eigenvalue weighted by atomic mass is 9.81. The van der Waals surface area contributed by atoms with Crippen molar-refractivity contribution in [1.29, 1.82) is 0 Å². The Balaban J connectivity index is 1.74. The van der Waals surface area contributed by atoms with Crippen LogP contribution in [0.5, 0.6) is 0 Å². The van der Waals surface area contributed by atoms with E-state index in [1.807, 2.05) is 97.9 Å². The summed E-state index contributed by atoms with van der Waals surface area (Å²) < 4.78 is 16.9. The van der Waals surface area contributed by atoms with Gasteiger partial charge in [0.1, 0.15) is 11.0 Å². The first-order chi connectivity index (χ1) is 17.1. The van der Waals surface area contributed by atoms with Crippen molar-refractivity contribution in [2.24, 2.45) is 0 Å². The van der Waals surface area contributed by atoms with Gasteiger partial charge in [0.25, 0.3) is 0 Å². The number of aryl methyl sites for hydroxylation is 1. The Morgan fingerprint density at radius 3 is 1.89 bits per heavy atom. The van der Waals surface area contributed by atoms with Crippen LogP contribution in [-0.2, 0) is 24.0 Å². The minimum atomic E-state index is -1.48. The van der Waals surface area contributed by atoms with Gasteiger partial charge in [0.2, 0.25) is 0 Å². The van der Waals surface area contributed by atoms with Gasteiger partial charge in [-0.3, -0.25) is 0 Å². The summed E-state index contributed by atoms with van der Waals surface area (Å²) in [5.74, 6) is 0. The maximum absolute atomic E-state index is 13.5. The first-order valence-corrected chi connectivity index (χ1v) is 13.0. The first kappa shape index (κ1) is 25.0. The number of nitrogens with one attached hydrogen (secondary N) is 2. The zero-order chi connectivity index (χ0) is 24.5.